The van der Waals surface area contributed by atoms with Crippen LogP contribution >= 0.6 is 11.8 Å². The third-order valence-electron chi connectivity index (χ3n) is 4.36. The summed E-state index contributed by atoms with van der Waals surface area (Å²) in [7, 11) is 1.56. The Balaban J connectivity index is 1.54. The average Bonchev–Trinajstić information content (AvgIpc) is 2.98. The molecular weight excluding hydrogens is 408 g/mol. The van der Waals surface area contributed by atoms with E-state index in [-0.39, 0.29) is 29.5 Å². The normalized spacial score (nSPS) is 15.0. The number of phenols is 2. The highest BCUT2D eigenvalue weighted by Crippen LogP contribution is 2.32. The van der Waals surface area contributed by atoms with Crippen molar-refractivity contribution in [1.82, 2.24) is 10.2 Å². The lowest BCUT2D eigenvalue weighted by Gasteiger charge is -2.12. The molecule has 1 heterocycles. The van der Waals surface area contributed by atoms with E-state index in [2.05, 4.69) is 5.32 Å². The third kappa shape index (κ3) is 5.12. The zero-order chi connectivity index (χ0) is 21.7. The van der Waals surface area contributed by atoms with Gasteiger partial charge in [-0.15, -0.1) is 0 Å². The van der Waals surface area contributed by atoms with E-state index in [1.807, 2.05) is 0 Å². The molecule has 2 aromatic carbocycles. The van der Waals surface area contributed by atoms with Crippen molar-refractivity contribution in [2.24, 2.45) is 0 Å². The van der Waals surface area contributed by atoms with Crippen molar-refractivity contribution in [3.8, 4) is 17.2 Å². The van der Waals surface area contributed by atoms with Gasteiger partial charge < -0.3 is 20.3 Å². The van der Waals surface area contributed by atoms with E-state index in [0.29, 0.717) is 12.2 Å². The standard InChI is InChI=1S/C21H20N2O6S/c1-29-15-5-2-13(3-6-15)11-18-20(27)23(21(28)30-18)12-19(26)22-9-8-14-4-7-16(24)17(25)10-14/h2-7,10-11,24-25H,8-9,12H2,1H3,(H,22,26). The van der Waals surface area contributed by atoms with Crippen molar-refractivity contribution in [3.05, 3.63) is 58.5 Å². The quantitative estimate of drug-likeness (QED) is 0.458. The molecule has 0 bridgehead atoms. The summed E-state index contributed by atoms with van der Waals surface area (Å²) in [5.74, 6) is -0.755. The number of methoxy groups -OCH3 is 1. The monoisotopic (exact) mass is 428 g/mol. The lowest BCUT2D eigenvalue weighted by Crippen LogP contribution is -2.40. The van der Waals surface area contributed by atoms with Crippen LogP contribution in [0.25, 0.3) is 6.08 Å². The number of thioether (sulfide) groups is 1. The fourth-order valence-corrected chi connectivity index (χ4v) is 3.60. The van der Waals surface area contributed by atoms with Crippen molar-refractivity contribution in [2.75, 3.05) is 20.2 Å². The van der Waals surface area contributed by atoms with E-state index >= 15 is 0 Å². The zero-order valence-electron chi connectivity index (χ0n) is 16.1. The van der Waals surface area contributed by atoms with Crippen LogP contribution in [0.2, 0.25) is 0 Å². The second-order valence-corrected chi connectivity index (χ2v) is 7.46. The van der Waals surface area contributed by atoms with E-state index in [0.717, 1.165) is 27.8 Å². The van der Waals surface area contributed by atoms with Crippen LogP contribution in [0.15, 0.2) is 47.4 Å². The molecule has 1 aliphatic rings. The van der Waals surface area contributed by atoms with Crippen molar-refractivity contribution in [2.45, 2.75) is 6.42 Å². The van der Waals surface area contributed by atoms with E-state index in [1.54, 1.807) is 43.5 Å². The van der Waals surface area contributed by atoms with Gasteiger partial charge in [-0.3, -0.25) is 19.3 Å². The van der Waals surface area contributed by atoms with Gasteiger partial charge in [0.15, 0.2) is 11.5 Å². The van der Waals surface area contributed by atoms with Crippen LogP contribution in [-0.2, 0) is 16.0 Å². The number of nitrogens with zero attached hydrogens (tertiary/aromatic N) is 1. The first-order valence-corrected chi connectivity index (χ1v) is 9.86. The van der Waals surface area contributed by atoms with Crippen molar-refractivity contribution in [1.29, 1.82) is 0 Å². The van der Waals surface area contributed by atoms with Gasteiger partial charge in [-0.25, -0.2) is 0 Å². The number of amides is 3. The van der Waals surface area contributed by atoms with E-state index in [4.69, 9.17) is 4.74 Å². The van der Waals surface area contributed by atoms with Gasteiger partial charge in [0.25, 0.3) is 11.1 Å². The summed E-state index contributed by atoms with van der Waals surface area (Å²) < 4.78 is 5.09. The average molecular weight is 428 g/mol. The van der Waals surface area contributed by atoms with E-state index < -0.39 is 17.1 Å². The number of ether oxygens (including phenoxy) is 1. The molecule has 3 N–H and O–H groups in total. The van der Waals surface area contributed by atoms with Gasteiger partial charge in [-0.2, -0.15) is 0 Å². The maximum Gasteiger partial charge on any atom is 0.294 e. The molecular formula is C21H20N2O6S. The van der Waals surface area contributed by atoms with Gasteiger partial charge in [0, 0.05) is 6.54 Å². The molecule has 1 saturated heterocycles. The van der Waals surface area contributed by atoms with Gasteiger partial charge in [0.1, 0.15) is 12.3 Å². The summed E-state index contributed by atoms with van der Waals surface area (Å²) >= 11 is 0.788. The molecule has 0 atom stereocenters. The maximum atomic E-state index is 12.5. The number of benzene rings is 2. The van der Waals surface area contributed by atoms with Crippen molar-refractivity contribution in [3.63, 3.8) is 0 Å². The van der Waals surface area contributed by atoms with Crippen LogP contribution in [0.3, 0.4) is 0 Å². The smallest absolute Gasteiger partial charge is 0.294 e. The number of imide groups is 1. The lowest BCUT2D eigenvalue weighted by atomic mass is 10.1. The van der Waals surface area contributed by atoms with Crippen molar-refractivity contribution >= 4 is 34.9 Å². The number of aromatic hydroxyl groups is 2. The SMILES string of the molecule is COc1ccc(C=C2SC(=O)N(CC(=O)NCCc3ccc(O)c(O)c3)C2=O)cc1. The van der Waals surface area contributed by atoms with Crippen LogP contribution in [-0.4, -0.2) is 52.4 Å². The Labute approximate surface area is 177 Å². The maximum absolute atomic E-state index is 12.5. The molecule has 0 aromatic heterocycles. The second-order valence-electron chi connectivity index (χ2n) is 6.46. The minimum atomic E-state index is -0.514. The fourth-order valence-electron chi connectivity index (χ4n) is 2.76. The number of hydrogen-bond acceptors (Lipinski definition) is 7. The Morgan fingerprint density at radius 1 is 1.13 bits per heavy atom. The van der Waals surface area contributed by atoms with Crippen LogP contribution in [0, 0.1) is 0 Å². The predicted molar refractivity (Wildman–Crippen MR) is 112 cm³/mol. The summed E-state index contributed by atoms with van der Waals surface area (Å²) in [6.45, 7) is -0.119. The van der Waals surface area contributed by atoms with Crippen molar-refractivity contribution < 1.29 is 29.3 Å². The van der Waals surface area contributed by atoms with Gasteiger partial charge in [0.05, 0.1) is 12.0 Å². The summed E-state index contributed by atoms with van der Waals surface area (Å²) in [4.78, 5) is 38.0. The topological polar surface area (TPSA) is 116 Å². The molecule has 3 amide bonds. The number of nitrogens with one attached hydrogen (secondary N) is 1. The molecule has 2 aromatic rings. The minimum absolute atomic E-state index is 0.218. The van der Waals surface area contributed by atoms with Gasteiger partial charge in [-0.05, 0) is 59.7 Å². The molecule has 0 radical (unpaired) electrons. The number of phenolic OH excluding ortho intramolecular Hbond substituents is 2. The summed E-state index contributed by atoms with van der Waals surface area (Å²) in [6.07, 6.45) is 2.01. The third-order valence-corrected chi connectivity index (χ3v) is 5.27. The molecule has 156 valence electrons. The molecule has 0 saturated carbocycles. The summed E-state index contributed by atoms with van der Waals surface area (Å²) in [5.41, 5.74) is 1.46. The first-order valence-electron chi connectivity index (χ1n) is 9.04. The molecule has 9 heteroatoms. The molecule has 0 unspecified atom stereocenters. The van der Waals surface area contributed by atoms with Gasteiger partial charge in [0.2, 0.25) is 5.91 Å². The fraction of sp³-hybridized carbons (Fsp3) is 0.190. The Bertz CT molecular complexity index is 1000. The first kappa shape index (κ1) is 21.3. The van der Waals surface area contributed by atoms with E-state index in [9.17, 15) is 24.6 Å². The van der Waals surface area contributed by atoms with Gasteiger partial charge >= 0.3 is 0 Å². The second kappa shape index (κ2) is 9.36. The first-order chi connectivity index (χ1) is 14.4. The van der Waals surface area contributed by atoms with E-state index in [1.165, 1.54) is 12.1 Å². The number of carbonyl (C=O) groups is 3. The molecule has 30 heavy (non-hydrogen) atoms. The summed E-state index contributed by atoms with van der Waals surface area (Å²) in [5, 5.41) is 20.9. The molecule has 1 aliphatic heterocycles. The van der Waals surface area contributed by atoms with Crippen LogP contribution in [0.5, 0.6) is 17.2 Å². The molecule has 1 fully saturated rings. The van der Waals surface area contributed by atoms with Gasteiger partial charge in [-0.1, -0.05) is 18.2 Å². The highest BCUT2D eigenvalue weighted by atomic mass is 32.2. The molecule has 0 aliphatic carbocycles. The molecule has 0 spiro atoms. The Morgan fingerprint density at radius 3 is 2.53 bits per heavy atom. The highest BCUT2D eigenvalue weighted by molar-refractivity contribution is 8.18. The number of rotatable bonds is 7. The predicted octanol–water partition coefficient (Wildman–Crippen LogP) is 2.50. The number of hydrogen-bond donors (Lipinski definition) is 3. The Morgan fingerprint density at radius 2 is 1.87 bits per heavy atom. The summed E-state index contributed by atoms with van der Waals surface area (Å²) in [6, 6.07) is 11.4. The Kier molecular flexibility index (Phi) is 6.63. The van der Waals surface area contributed by atoms with Crippen LogP contribution in [0.4, 0.5) is 4.79 Å². The van der Waals surface area contributed by atoms with Crippen LogP contribution in [0.1, 0.15) is 11.1 Å². The highest BCUT2D eigenvalue weighted by Gasteiger charge is 2.36. The largest absolute Gasteiger partial charge is 0.504 e. The number of carbonyl (C=O) groups excluding carboxylic acids is 3. The molecule has 3 rings (SSSR count). The zero-order valence-corrected chi connectivity index (χ0v) is 16.9. The van der Waals surface area contributed by atoms with Crippen LogP contribution < -0.4 is 10.1 Å². The minimum Gasteiger partial charge on any atom is -0.504 e. The lowest BCUT2D eigenvalue weighted by molar-refractivity contribution is -0.129. The molecule has 8 nitrogen and oxygen atoms in total. The Hall–Kier alpha value is -3.46.